The summed E-state index contributed by atoms with van der Waals surface area (Å²) in [5, 5.41) is 5.37. The minimum atomic E-state index is -0.464. The molecule has 0 aliphatic carbocycles. The summed E-state index contributed by atoms with van der Waals surface area (Å²) in [5.74, 6) is 0.664. The monoisotopic (exact) mass is 343 g/mol. The molecule has 3 rings (SSSR count). The summed E-state index contributed by atoms with van der Waals surface area (Å²) >= 11 is 0. The maximum Gasteiger partial charge on any atom is 0.430 e. The van der Waals surface area contributed by atoms with Crippen molar-refractivity contribution in [2.45, 2.75) is 20.3 Å². The number of hydrazone groups is 1. The van der Waals surface area contributed by atoms with E-state index in [0.717, 1.165) is 13.1 Å². The number of hydrogen-bond donors (Lipinski definition) is 0. The van der Waals surface area contributed by atoms with Crippen LogP contribution in [0.4, 0.5) is 10.6 Å². The molecular weight excluding hydrogens is 322 g/mol. The highest BCUT2D eigenvalue weighted by Crippen LogP contribution is 2.16. The smallest absolute Gasteiger partial charge is 0.430 e. The molecule has 0 bridgehead atoms. The molecule has 0 spiro atoms. The van der Waals surface area contributed by atoms with E-state index >= 15 is 0 Å². The highest BCUT2D eigenvalue weighted by molar-refractivity contribution is 5.72. The van der Waals surface area contributed by atoms with Crippen LogP contribution in [0.1, 0.15) is 19.4 Å². The lowest BCUT2D eigenvalue weighted by atomic mass is 10.2. The van der Waals surface area contributed by atoms with Gasteiger partial charge in [-0.2, -0.15) is 10.1 Å². The van der Waals surface area contributed by atoms with E-state index in [0.29, 0.717) is 36.6 Å². The second-order valence-corrected chi connectivity index (χ2v) is 5.56. The van der Waals surface area contributed by atoms with E-state index in [1.54, 1.807) is 18.5 Å². The van der Waals surface area contributed by atoms with Gasteiger partial charge in [0.15, 0.2) is 0 Å². The van der Waals surface area contributed by atoms with Gasteiger partial charge in [0.1, 0.15) is 18.1 Å². The SMILES string of the molecule is CCN(CC)c1nc2ccccn2c(=O)c1CC=NN1CCOC1=O. The van der Waals surface area contributed by atoms with E-state index in [-0.39, 0.29) is 5.56 Å². The molecule has 1 aliphatic rings. The fourth-order valence-corrected chi connectivity index (χ4v) is 2.80. The molecule has 8 nitrogen and oxygen atoms in total. The van der Waals surface area contributed by atoms with E-state index in [1.165, 1.54) is 9.41 Å². The number of hydrogen-bond acceptors (Lipinski definition) is 6. The minimum Gasteiger partial charge on any atom is -0.446 e. The Morgan fingerprint density at radius 2 is 2.12 bits per heavy atom. The van der Waals surface area contributed by atoms with Crippen molar-refractivity contribution in [3.63, 3.8) is 0 Å². The number of nitrogens with zero attached hydrogens (tertiary/aromatic N) is 5. The Balaban J connectivity index is 2.00. The van der Waals surface area contributed by atoms with Gasteiger partial charge >= 0.3 is 6.09 Å². The molecule has 2 aromatic heterocycles. The van der Waals surface area contributed by atoms with Crippen LogP contribution in [0, 0.1) is 0 Å². The van der Waals surface area contributed by atoms with Gasteiger partial charge in [-0.15, -0.1) is 0 Å². The number of cyclic esters (lactones) is 1. The molecule has 8 heteroatoms. The van der Waals surface area contributed by atoms with Crippen molar-refractivity contribution in [3.05, 3.63) is 40.3 Å². The number of rotatable bonds is 6. The summed E-state index contributed by atoms with van der Waals surface area (Å²) in [4.78, 5) is 31.0. The molecular formula is C17H21N5O3. The van der Waals surface area contributed by atoms with Crippen LogP contribution in [-0.4, -0.2) is 52.9 Å². The molecule has 132 valence electrons. The number of carbonyl (C=O) groups is 1. The van der Waals surface area contributed by atoms with Crippen molar-refractivity contribution in [2.75, 3.05) is 31.1 Å². The predicted molar refractivity (Wildman–Crippen MR) is 95.3 cm³/mol. The lowest BCUT2D eigenvalue weighted by Gasteiger charge is -2.22. The molecule has 0 unspecified atom stereocenters. The summed E-state index contributed by atoms with van der Waals surface area (Å²) in [6.07, 6.45) is 3.09. The van der Waals surface area contributed by atoms with Crippen LogP contribution in [-0.2, 0) is 11.2 Å². The van der Waals surface area contributed by atoms with Gasteiger partial charge in [-0.1, -0.05) is 6.07 Å². The van der Waals surface area contributed by atoms with Gasteiger partial charge in [0.25, 0.3) is 5.56 Å². The van der Waals surface area contributed by atoms with Crippen LogP contribution in [0.3, 0.4) is 0 Å². The van der Waals surface area contributed by atoms with Gasteiger partial charge in [0.05, 0.1) is 12.1 Å². The van der Waals surface area contributed by atoms with Gasteiger partial charge in [-0.05, 0) is 26.0 Å². The van der Waals surface area contributed by atoms with E-state index in [9.17, 15) is 9.59 Å². The van der Waals surface area contributed by atoms with E-state index in [1.807, 2.05) is 30.9 Å². The average molecular weight is 343 g/mol. The molecule has 1 fully saturated rings. The summed E-state index contributed by atoms with van der Waals surface area (Å²) < 4.78 is 6.36. The molecule has 2 aromatic rings. The normalized spacial score (nSPS) is 14.5. The third-order valence-corrected chi connectivity index (χ3v) is 4.12. The van der Waals surface area contributed by atoms with Crippen LogP contribution in [0.25, 0.3) is 5.65 Å². The van der Waals surface area contributed by atoms with Gasteiger partial charge < -0.3 is 9.64 Å². The third-order valence-electron chi connectivity index (χ3n) is 4.12. The Labute approximate surface area is 145 Å². The van der Waals surface area contributed by atoms with E-state index in [4.69, 9.17) is 4.74 Å². The number of fused-ring (bicyclic) bond motifs is 1. The van der Waals surface area contributed by atoms with E-state index < -0.39 is 6.09 Å². The highest BCUT2D eigenvalue weighted by Gasteiger charge is 2.21. The van der Waals surface area contributed by atoms with Crippen molar-refractivity contribution in [3.8, 4) is 0 Å². The Kier molecular flexibility index (Phi) is 4.97. The molecule has 0 saturated carbocycles. The lowest BCUT2D eigenvalue weighted by Crippen LogP contribution is -2.30. The number of pyridine rings is 1. The number of carbonyl (C=O) groups excluding carboxylic acids is 1. The van der Waals surface area contributed by atoms with Gasteiger partial charge in [-0.3, -0.25) is 9.20 Å². The summed E-state index contributed by atoms with van der Waals surface area (Å²) in [6, 6.07) is 5.46. The molecule has 3 heterocycles. The summed E-state index contributed by atoms with van der Waals surface area (Å²) in [5.41, 5.74) is 1.05. The molecule has 0 radical (unpaired) electrons. The number of ether oxygens (including phenoxy) is 1. The zero-order chi connectivity index (χ0) is 17.8. The van der Waals surface area contributed by atoms with Gasteiger partial charge in [0.2, 0.25) is 0 Å². The quantitative estimate of drug-likeness (QED) is 0.743. The number of amides is 1. The van der Waals surface area contributed by atoms with Crippen molar-refractivity contribution in [2.24, 2.45) is 5.10 Å². The maximum absolute atomic E-state index is 12.9. The fraction of sp³-hybridized carbons (Fsp3) is 0.412. The van der Waals surface area contributed by atoms with Crippen LogP contribution in [0.15, 0.2) is 34.3 Å². The lowest BCUT2D eigenvalue weighted by molar-refractivity contribution is 0.159. The first-order valence-electron chi connectivity index (χ1n) is 8.37. The molecule has 25 heavy (non-hydrogen) atoms. The van der Waals surface area contributed by atoms with E-state index in [2.05, 4.69) is 10.1 Å². The van der Waals surface area contributed by atoms with Crippen LogP contribution < -0.4 is 10.5 Å². The van der Waals surface area contributed by atoms with Crippen LogP contribution >= 0.6 is 0 Å². The Morgan fingerprint density at radius 1 is 1.32 bits per heavy atom. The second-order valence-electron chi connectivity index (χ2n) is 5.56. The third kappa shape index (κ3) is 3.33. The molecule has 1 aliphatic heterocycles. The minimum absolute atomic E-state index is 0.122. The second kappa shape index (κ2) is 7.33. The zero-order valence-corrected chi connectivity index (χ0v) is 14.4. The molecule has 0 N–H and O–H groups in total. The van der Waals surface area contributed by atoms with Gasteiger partial charge in [0, 0.05) is 31.9 Å². The van der Waals surface area contributed by atoms with Crippen molar-refractivity contribution in [1.82, 2.24) is 14.4 Å². The highest BCUT2D eigenvalue weighted by atomic mass is 16.6. The summed E-state index contributed by atoms with van der Waals surface area (Å²) in [7, 11) is 0. The maximum atomic E-state index is 12.9. The van der Waals surface area contributed by atoms with Crippen molar-refractivity contribution < 1.29 is 9.53 Å². The van der Waals surface area contributed by atoms with Gasteiger partial charge in [-0.25, -0.2) is 9.78 Å². The number of aromatic nitrogens is 2. The van der Waals surface area contributed by atoms with Crippen LogP contribution in [0.5, 0.6) is 0 Å². The first kappa shape index (κ1) is 16.9. The predicted octanol–water partition coefficient (Wildman–Crippen LogP) is 1.52. The van der Waals surface area contributed by atoms with Crippen molar-refractivity contribution in [1.29, 1.82) is 0 Å². The standard InChI is InChI=1S/C17H21N5O3/c1-3-20(4-2)15-13(8-9-18-22-11-12-25-17(22)24)16(23)21-10-6-5-7-14(21)19-15/h5-7,9-10H,3-4,8,11-12H2,1-2H3. The Bertz CT molecular complexity index is 857. The molecule has 0 aromatic carbocycles. The first-order valence-corrected chi connectivity index (χ1v) is 8.37. The van der Waals surface area contributed by atoms with Crippen LogP contribution in [0.2, 0.25) is 0 Å². The molecule has 1 amide bonds. The molecule has 0 atom stereocenters. The largest absolute Gasteiger partial charge is 0.446 e. The fourth-order valence-electron chi connectivity index (χ4n) is 2.80. The Hall–Kier alpha value is -2.90. The topological polar surface area (TPSA) is 79.5 Å². The Morgan fingerprint density at radius 3 is 2.80 bits per heavy atom. The van der Waals surface area contributed by atoms with Crippen molar-refractivity contribution >= 4 is 23.8 Å². The number of anilines is 1. The average Bonchev–Trinajstić information content (AvgIpc) is 3.03. The zero-order valence-electron chi connectivity index (χ0n) is 14.4. The summed E-state index contributed by atoms with van der Waals surface area (Å²) in [6.45, 7) is 6.30. The molecule has 1 saturated heterocycles. The first-order chi connectivity index (χ1) is 12.2.